The SMILES string of the molecule is CCCCC(NCCc1ccn(C)n1)C(=O)O. The number of nitrogens with zero attached hydrogens (tertiary/aromatic N) is 2. The number of nitrogens with one attached hydrogen (secondary N) is 1. The van der Waals surface area contributed by atoms with E-state index in [0.29, 0.717) is 13.0 Å². The highest BCUT2D eigenvalue weighted by molar-refractivity contribution is 5.73. The lowest BCUT2D eigenvalue weighted by atomic mass is 10.1. The Balaban J connectivity index is 2.29. The minimum absolute atomic E-state index is 0.432. The number of aryl methyl sites for hydroxylation is 1. The molecule has 0 spiro atoms. The molecule has 5 nitrogen and oxygen atoms in total. The van der Waals surface area contributed by atoms with Gasteiger partial charge in [0.2, 0.25) is 0 Å². The molecule has 0 radical (unpaired) electrons. The van der Waals surface area contributed by atoms with E-state index in [1.54, 1.807) is 4.68 Å². The van der Waals surface area contributed by atoms with Crippen LogP contribution in [0.1, 0.15) is 31.9 Å². The van der Waals surface area contributed by atoms with Crippen LogP contribution in [-0.2, 0) is 18.3 Å². The van der Waals surface area contributed by atoms with Gasteiger partial charge in [0, 0.05) is 26.2 Å². The van der Waals surface area contributed by atoms with E-state index in [-0.39, 0.29) is 0 Å². The standard InChI is InChI=1S/C12H21N3O2/c1-3-4-5-11(12(16)17)13-8-6-10-7-9-15(2)14-10/h7,9,11,13H,3-6,8H2,1-2H3,(H,16,17). The molecule has 17 heavy (non-hydrogen) atoms. The average molecular weight is 239 g/mol. The molecule has 0 saturated carbocycles. The molecule has 1 unspecified atom stereocenters. The molecule has 1 atom stereocenters. The Morgan fingerprint density at radius 3 is 2.94 bits per heavy atom. The third-order valence-corrected chi connectivity index (χ3v) is 2.69. The van der Waals surface area contributed by atoms with Crippen LogP contribution in [0.3, 0.4) is 0 Å². The van der Waals surface area contributed by atoms with Gasteiger partial charge in [-0.3, -0.25) is 9.48 Å². The summed E-state index contributed by atoms with van der Waals surface area (Å²) in [5.74, 6) is -0.764. The van der Waals surface area contributed by atoms with Gasteiger partial charge in [-0.15, -0.1) is 0 Å². The number of carboxylic acids is 1. The van der Waals surface area contributed by atoms with Gasteiger partial charge in [-0.1, -0.05) is 19.8 Å². The number of aliphatic carboxylic acids is 1. The largest absolute Gasteiger partial charge is 0.480 e. The van der Waals surface area contributed by atoms with Crippen molar-refractivity contribution in [3.05, 3.63) is 18.0 Å². The fourth-order valence-corrected chi connectivity index (χ4v) is 1.69. The summed E-state index contributed by atoms with van der Waals surface area (Å²) in [6.45, 7) is 2.71. The van der Waals surface area contributed by atoms with E-state index in [1.165, 1.54) is 0 Å². The Morgan fingerprint density at radius 2 is 2.41 bits per heavy atom. The Labute approximate surface area is 102 Å². The number of hydrogen-bond acceptors (Lipinski definition) is 3. The second-order valence-corrected chi connectivity index (χ2v) is 4.22. The van der Waals surface area contributed by atoms with Crippen LogP contribution in [0.2, 0.25) is 0 Å². The van der Waals surface area contributed by atoms with Crippen molar-refractivity contribution in [3.8, 4) is 0 Å². The Bertz CT molecular complexity index is 349. The third-order valence-electron chi connectivity index (χ3n) is 2.69. The molecule has 0 saturated heterocycles. The lowest BCUT2D eigenvalue weighted by molar-refractivity contribution is -0.139. The van der Waals surface area contributed by atoms with Gasteiger partial charge in [-0.05, 0) is 12.5 Å². The number of carbonyl (C=O) groups is 1. The molecule has 0 bridgehead atoms. The first-order chi connectivity index (χ1) is 8.13. The van der Waals surface area contributed by atoms with Crippen molar-refractivity contribution in [3.63, 3.8) is 0 Å². The quantitative estimate of drug-likeness (QED) is 0.715. The molecular formula is C12H21N3O2. The van der Waals surface area contributed by atoms with E-state index in [1.807, 2.05) is 19.3 Å². The first-order valence-electron chi connectivity index (χ1n) is 6.08. The molecule has 1 heterocycles. The highest BCUT2D eigenvalue weighted by atomic mass is 16.4. The summed E-state index contributed by atoms with van der Waals surface area (Å²) in [7, 11) is 1.87. The van der Waals surface area contributed by atoms with Crippen molar-refractivity contribution in [1.82, 2.24) is 15.1 Å². The zero-order valence-corrected chi connectivity index (χ0v) is 10.5. The van der Waals surface area contributed by atoms with Crippen molar-refractivity contribution in [2.24, 2.45) is 7.05 Å². The molecule has 2 N–H and O–H groups in total. The van der Waals surface area contributed by atoms with Crippen LogP contribution in [-0.4, -0.2) is 33.4 Å². The summed E-state index contributed by atoms with van der Waals surface area (Å²) in [6.07, 6.45) is 5.30. The van der Waals surface area contributed by atoms with Crippen molar-refractivity contribution in [2.75, 3.05) is 6.54 Å². The van der Waals surface area contributed by atoms with Gasteiger partial charge in [0.15, 0.2) is 0 Å². The molecule has 0 amide bonds. The number of rotatable bonds is 8. The maximum Gasteiger partial charge on any atom is 0.320 e. The smallest absolute Gasteiger partial charge is 0.320 e. The van der Waals surface area contributed by atoms with Gasteiger partial charge in [-0.25, -0.2) is 0 Å². The van der Waals surface area contributed by atoms with Crippen LogP contribution >= 0.6 is 0 Å². The summed E-state index contributed by atoms with van der Waals surface area (Å²) >= 11 is 0. The second kappa shape index (κ2) is 7.06. The Hall–Kier alpha value is -1.36. The Kier molecular flexibility index (Phi) is 5.69. The molecule has 0 aliphatic rings. The summed E-state index contributed by atoms with van der Waals surface area (Å²) in [5.41, 5.74) is 0.986. The fraction of sp³-hybridized carbons (Fsp3) is 0.667. The first-order valence-corrected chi connectivity index (χ1v) is 6.08. The molecule has 5 heteroatoms. The molecular weight excluding hydrogens is 218 g/mol. The predicted molar refractivity (Wildman–Crippen MR) is 65.9 cm³/mol. The number of aromatic nitrogens is 2. The van der Waals surface area contributed by atoms with E-state index >= 15 is 0 Å². The minimum atomic E-state index is -0.764. The van der Waals surface area contributed by atoms with E-state index in [4.69, 9.17) is 5.11 Å². The minimum Gasteiger partial charge on any atom is -0.480 e. The van der Waals surface area contributed by atoms with Crippen LogP contribution < -0.4 is 5.32 Å². The lowest BCUT2D eigenvalue weighted by Crippen LogP contribution is -2.37. The van der Waals surface area contributed by atoms with Crippen LogP contribution in [0.15, 0.2) is 12.3 Å². The highest BCUT2D eigenvalue weighted by Gasteiger charge is 2.15. The number of hydrogen-bond donors (Lipinski definition) is 2. The first kappa shape index (κ1) is 13.7. The molecule has 0 aliphatic carbocycles. The van der Waals surface area contributed by atoms with E-state index in [0.717, 1.165) is 25.0 Å². The fourth-order valence-electron chi connectivity index (χ4n) is 1.69. The van der Waals surface area contributed by atoms with Crippen molar-refractivity contribution in [2.45, 2.75) is 38.6 Å². The topological polar surface area (TPSA) is 67.2 Å². The summed E-state index contributed by atoms with van der Waals surface area (Å²) in [5, 5.41) is 16.3. The van der Waals surface area contributed by atoms with Crippen molar-refractivity contribution < 1.29 is 9.90 Å². The lowest BCUT2D eigenvalue weighted by Gasteiger charge is -2.13. The van der Waals surface area contributed by atoms with Gasteiger partial charge in [0.1, 0.15) is 6.04 Å². The molecule has 96 valence electrons. The summed E-state index contributed by atoms with van der Waals surface area (Å²) < 4.78 is 1.75. The highest BCUT2D eigenvalue weighted by Crippen LogP contribution is 2.01. The second-order valence-electron chi connectivity index (χ2n) is 4.22. The Morgan fingerprint density at radius 1 is 1.65 bits per heavy atom. The third kappa shape index (κ3) is 4.99. The van der Waals surface area contributed by atoms with E-state index in [9.17, 15) is 4.79 Å². The number of unbranched alkanes of at least 4 members (excludes halogenated alkanes) is 1. The average Bonchev–Trinajstić information content (AvgIpc) is 2.68. The molecule has 1 aromatic heterocycles. The van der Waals surface area contributed by atoms with E-state index < -0.39 is 12.0 Å². The van der Waals surface area contributed by atoms with Gasteiger partial charge in [-0.2, -0.15) is 5.10 Å². The zero-order valence-electron chi connectivity index (χ0n) is 10.5. The van der Waals surface area contributed by atoms with E-state index in [2.05, 4.69) is 17.3 Å². The predicted octanol–water partition coefficient (Wildman–Crippen LogP) is 1.20. The maximum absolute atomic E-state index is 11.0. The van der Waals surface area contributed by atoms with Gasteiger partial charge in [0.25, 0.3) is 0 Å². The maximum atomic E-state index is 11.0. The van der Waals surface area contributed by atoms with Gasteiger partial charge >= 0.3 is 5.97 Å². The summed E-state index contributed by atoms with van der Waals surface area (Å²) in [6, 6.07) is 1.52. The zero-order chi connectivity index (χ0) is 12.7. The van der Waals surface area contributed by atoms with Crippen LogP contribution in [0.4, 0.5) is 0 Å². The van der Waals surface area contributed by atoms with Crippen LogP contribution in [0.25, 0.3) is 0 Å². The normalized spacial score (nSPS) is 12.6. The molecule has 0 aliphatic heterocycles. The van der Waals surface area contributed by atoms with Crippen LogP contribution in [0.5, 0.6) is 0 Å². The molecule has 0 fully saturated rings. The molecule has 1 aromatic rings. The van der Waals surface area contributed by atoms with Gasteiger partial charge in [0.05, 0.1) is 5.69 Å². The van der Waals surface area contributed by atoms with Crippen molar-refractivity contribution >= 4 is 5.97 Å². The molecule has 1 rings (SSSR count). The molecule has 0 aromatic carbocycles. The van der Waals surface area contributed by atoms with Crippen molar-refractivity contribution in [1.29, 1.82) is 0 Å². The van der Waals surface area contributed by atoms with Gasteiger partial charge < -0.3 is 10.4 Å². The van der Waals surface area contributed by atoms with Crippen LogP contribution in [0, 0.1) is 0 Å². The summed E-state index contributed by atoms with van der Waals surface area (Å²) in [4.78, 5) is 11.0. The number of carboxylic acid groups (broad SMARTS) is 1. The monoisotopic (exact) mass is 239 g/mol.